The van der Waals surface area contributed by atoms with Crippen LogP contribution in [0.15, 0.2) is 22.7 Å². The lowest BCUT2D eigenvalue weighted by Gasteiger charge is -2.36. The number of likely N-dealkylation sites (tertiary alicyclic amines) is 1. The van der Waals surface area contributed by atoms with E-state index in [0.29, 0.717) is 6.04 Å². The average Bonchev–Trinajstić information content (AvgIpc) is 2.36. The second-order valence-corrected chi connectivity index (χ2v) is 6.12. The highest BCUT2D eigenvalue weighted by Gasteiger charge is 2.22. The molecule has 1 N–H and O–H groups in total. The van der Waals surface area contributed by atoms with Gasteiger partial charge in [-0.15, -0.1) is 0 Å². The monoisotopic (exact) mass is 328 g/mol. The van der Waals surface area contributed by atoms with Gasteiger partial charge in [0.25, 0.3) is 0 Å². The minimum absolute atomic E-state index is 0.162. The van der Waals surface area contributed by atoms with Crippen molar-refractivity contribution < 1.29 is 4.39 Å². The third-order valence-corrected chi connectivity index (χ3v) is 4.14. The van der Waals surface area contributed by atoms with Crippen LogP contribution in [-0.4, -0.2) is 30.6 Å². The Morgan fingerprint density at radius 3 is 2.95 bits per heavy atom. The van der Waals surface area contributed by atoms with Crippen LogP contribution < -0.4 is 5.32 Å². The van der Waals surface area contributed by atoms with E-state index in [0.717, 1.165) is 36.2 Å². The number of hydrogen-bond donors (Lipinski definition) is 1. The maximum absolute atomic E-state index is 13.4. The molecule has 0 bridgehead atoms. The third kappa shape index (κ3) is 4.55. The van der Waals surface area contributed by atoms with Gasteiger partial charge in [0.05, 0.1) is 0 Å². The molecular weight excluding hydrogens is 307 g/mol. The van der Waals surface area contributed by atoms with Crippen LogP contribution in [-0.2, 0) is 6.54 Å². The van der Waals surface area contributed by atoms with Crippen molar-refractivity contribution in [1.82, 2.24) is 10.2 Å². The summed E-state index contributed by atoms with van der Waals surface area (Å²) in [6.45, 7) is 6.14. The predicted molar refractivity (Wildman–Crippen MR) is 80.7 cm³/mol. The van der Waals surface area contributed by atoms with Crippen LogP contribution >= 0.6 is 15.9 Å². The molecule has 1 unspecified atom stereocenters. The first-order valence-corrected chi connectivity index (χ1v) is 7.88. The van der Waals surface area contributed by atoms with Crippen LogP contribution in [0.2, 0.25) is 0 Å². The molecule has 1 aliphatic rings. The molecule has 1 aromatic carbocycles. The fraction of sp³-hybridized carbons (Fsp3) is 0.600. The van der Waals surface area contributed by atoms with Gasteiger partial charge in [0.2, 0.25) is 0 Å². The smallest absolute Gasteiger partial charge is 0.124 e. The van der Waals surface area contributed by atoms with Gasteiger partial charge in [-0.05, 0) is 49.7 Å². The van der Waals surface area contributed by atoms with E-state index in [9.17, 15) is 4.39 Å². The summed E-state index contributed by atoms with van der Waals surface area (Å²) in [6.07, 6.45) is 3.79. The molecule has 106 valence electrons. The van der Waals surface area contributed by atoms with Crippen LogP contribution in [0.5, 0.6) is 0 Å². The maximum Gasteiger partial charge on any atom is 0.124 e. The highest BCUT2D eigenvalue weighted by Crippen LogP contribution is 2.21. The first kappa shape index (κ1) is 14.9. The Labute approximate surface area is 123 Å². The maximum atomic E-state index is 13.4. The highest BCUT2D eigenvalue weighted by atomic mass is 79.9. The van der Waals surface area contributed by atoms with Gasteiger partial charge in [-0.25, -0.2) is 4.39 Å². The van der Waals surface area contributed by atoms with Crippen LogP contribution in [0, 0.1) is 5.82 Å². The zero-order valence-electron chi connectivity index (χ0n) is 11.5. The summed E-state index contributed by atoms with van der Waals surface area (Å²) in [5.41, 5.74) is 1.05. The predicted octanol–water partition coefficient (Wildman–Crippen LogP) is 3.55. The number of benzene rings is 1. The Balaban J connectivity index is 2.01. The van der Waals surface area contributed by atoms with E-state index in [2.05, 4.69) is 33.1 Å². The van der Waals surface area contributed by atoms with Crippen molar-refractivity contribution in [2.45, 2.75) is 38.8 Å². The Hall–Kier alpha value is -0.450. The van der Waals surface area contributed by atoms with Crippen molar-refractivity contribution in [2.75, 3.05) is 19.6 Å². The van der Waals surface area contributed by atoms with Gasteiger partial charge < -0.3 is 5.32 Å². The fourth-order valence-electron chi connectivity index (χ4n) is 2.75. The van der Waals surface area contributed by atoms with Gasteiger partial charge in [-0.1, -0.05) is 29.3 Å². The van der Waals surface area contributed by atoms with Crippen LogP contribution in [0.25, 0.3) is 0 Å². The minimum Gasteiger partial charge on any atom is -0.315 e. The molecular formula is C15H22BrFN2. The summed E-state index contributed by atoms with van der Waals surface area (Å²) < 4.78 is 14.2. The van der Waals surface area contributed by atoms with E-state index in [1.165, 1.54) is 25.3 Å². The van der Waals surface area contributed by atoms with Crippen molar-refractivity contribution >= 4 is 15.9 Å². The molecule has 0 amide bonds. The van der Waals surface area contributed by atoms with Crippen LogP contribution in [0.1, 0.15) is 31.7 Å². The molecule has 1 aliphatic heterocycles. The molecule has 0 aromatic heterocycles. The summed E-state index contributed by atoms with van der Waals surface area (Å²) in [5, 5.41) is 3.43. The van der Waals surface area contributed by atoms with E-state index in [4.69, 9.17) is 0 Å². The topological polar surface area (TPSA) is 15.3 Å². The molecule has 1 heterocycles. The van der Waals surface area contributed by atoms with Gasteiger partial charge in [0.15, 0.2) is 0 Å². The van der Waals surface area contributed by atoms with E-state index in [1.54, 1.807) is 6.07 Å². The first-order valence-electron chi connectivity index (χ1n) is 7.08. The Morgan fingerprint density at radius 1 is 1.37 bits per heavy atom. The second kappa shape index (κ2) is 7.36. The summed E-state index contributed by atoms with van der Waals surface area (Å²) in [4.78, 5) is 2.48. The second-order valence-electron chi connectivity index (χ2n) is 5.21. The molecule has 0 radical (unpaired) electrons. The lowest BCUT2D eigenvalue weighted by Crippen LogP contribution is -2.44. The van der Waals surface area contributed by atoms with Gasteiger partial charge in [0, 0.05) is 23.6 Å². The van der Waals surface area contributed by atoms with Crippen molar-refractivity contribution in [3.63, 3.8) is 0 Å². The van der Waals surface area contributed by atoms with Crippen LogP contribution in [0.3, 0.4) is 0 Å². The molecule has 1 saturated heterocycles. The Kier molecular flexibility index (Phi) is 5.79. The fourth-order valence-corrected chi connectivity index (χ4v) is 3.26. The number of piperidine rings is 1. The van der Waals surface area contributed by atoms with Gasteiger partial charge in [-0.3, -0.25) is 4.90 Å². The quantitative estimate of drug-likeness (QED) is 0.889. The van der Waals surface area contributed by atoms with Crippen LogP contribution in [0.4, 0.5) is 4.39 Å². The van der Waals surface area contributed by atoms with E-state index < -0.39 is 0 Å². The number of halogens is 2. The Morgan fingerprint density at radius 2 is 2.21 bits per heavy atom. The zero-order valence-corrected chi connectivity index (χ0v) is 13.0. The highest BCUT2D eigenvalue weighted by molar-refractivity contribution is 9.10. The largest absolute Gasteiger partial charge is 0.315 e. The Bertz CT molecular complexity index is 391. The normalized spacial score (nSPS) is 20.7. The number of hydrogen-bond acceptors (Lipinski definition) is 2. The molecule has 19 heavy (non-hydrogen) atoms. The molecule has 0 spiro atoms. The summed E-state index contributed by atoms with van der Waals surface area (Å²) in [6, 6.07) is 5.75. The summed E-state index contributed by atoms with van der Waals surface area (Å²) in [7, 11) is 0. The van der Waals surface area contributed by atoms with Crippen molar-refractivity contribution in [3.05, 3.63) is 34.1 Å². The van der Waals surface area contributed by atoms with Gasteiger partial charge in [0.1, 0.15) is 5.82 Å². The molecule has 1 fully saturated rings. The number of nitrogens with one attached hydrogen (secondary N) is 1. The van der Waals surface area contributed by atoms with Crippen molar-refractivity contribution in [2.24, 2.45) is 0 Å². The lowest BCUT2D eigenvalue weighted by molar-refractivity contribution is 0.138. The van der Waals surface area contributed by atoms with Gasteiger partial charge in [-0.2, -0.15) is 0 Å². The molecule has 0 aliphatic carbocycles. The molecule has 2 nitrogen and oxygen atoms in total. The van der Waals surface area contributed by atoms with Crippen molar-refractivity contribution in [3.8, 4) is 0 Å². The zero-order chi connectivity index (χ0) is 13.7. The molecule has 1 atom stereocenters. The van der Waals surface area contributed by atoms with Crippen molar-refractivity contribution in [1.29, 1.82) is 0 Å². The molecule has 0 saturated carbocycles. The standard InChI is InChI=1S/C15H22BrFN2/c1-2-18-10-15-5-3-4-6-19(15)11-12-7-13(16)9-14(17)8-12/h7-9,15,18H,2-6,10-11H2,1H3. The molecule has 4 heteroatoms. The molecule has 1 aromatic rings. The number of nitrogens with zero attached hydrogens (tertiary/aromatic N) is 1. The number of likely N-dealkylation sites (N-methyl/N-ethyl adjacent to an activating group) is 1. The minimum atomic E-state index is -0.162. The van der Waals surface area contributed by atoms with E-state index in [1.807, 2.05) is 6.07 Å². The first-order chi connectivity index (χ1) is 9.19. The average molecular weight is 329 g/mol. The lowest BCUT2D eigenvalue weighted by atomic mass is 10.0. The third-order valence-electron chi connectivity index (χ3n) is 3.69. The van der Waals surface area contributed by atoms with E-state index in [-0.39, 0.29) is 5.82 Å². The molecule has 2 rings (SSSR count). The SMILES string of the molecule is CCNCC1CCCCN1Cc1cc(F)cc(Br)c1. The summed E-state index contributed by atoms with van der Waals surface area (Å²) in [5.74, 6) is -0.162. The van der Waals surface area contributed by atoms with E-state index >= 15 is 0 Å². The van der Waals surface area contributed by atoms with Gasteiger partial charge >= 0.3 is 0 Å². The number of rotatable bonds is 5. The summed E-state index contributed by atoms with van der Waals surface area (Å²) >= 11 is 3.36.